The van der Waals surface area contributed by atoms with Crippen LogP contribution in [0.5, 0.6) is 0 Å². The van der Waals surface area contributed by atoms with E-state index in [4.69, 9.17) is 0 Å². The van der Waals surface area contributed by atoms with Gasteiger partial charge in [-0.2, -0.15) is 0 Å². The third-order valence-corrected chi connectivity index (χ3v) is 5.32. The highest BCUT2D eigenvalue weighted by molar-refractivity contribution is 5.42. The van der Waals surface area contributed by atoms with Crippen molar-refractivity contribution < 1.29 is 0 Å². The first-order chi connectivity index (χ1) is 8.85. The summed E-state index contributed by atoms with van der Waals surface area (Å²) in [7, 11) is 0. The van der Waals surface area contributed by atoms with Crippen LogP contribution in [0.15, 0.2) is 24.4 Å². The maximum atomic E-state index is 4.61. The second-order valence-corrected chi connectivity index (χ2v) is 6.83. The van der Waals surface area contributed by atoms with Gasteiger partial charge in [-0.15, -0.1) is 0 Å². The number of aryl methyl sites for hydroxylation is 1. The van der Waals surface area contributed by atoms with E-state index >= 15 is 0 Å². The molecule has 0 aliphatic heterocycles. The number of nitrogens with one attached hydrogen (secondary N) is 1. The molecule has 1 saturated carbocycles. The van der Waals surface area contributed by atoms with Gasteiger partial charge in [0.2, 0.25) is 0 Å². The van der Waals surface area contributed by atoms with Crippen LogP contribution in [0.25, 0.3) is 5.65 Å². The number of hydrogen-bond acceptors (Lipinski definition) is 2. The zero-order valence-electron chi connectivity index (χ0n) is 12.5. The predicted octanol–water partition coefficient (Wildman–Crippen LogP) is 3.17. The molecule has 0 saturated heterocycles. The average molecular weight is 257 g/mol. The summed E-state index contributed by atoms with van der Waals surface area (Å²) in [5.74, 6) is 0. The van der Waals surface area contributed by atoms with Crippen LogP contribution < -0.4 is 5.32 Å². The molecule has 0 unspecified atom stereocenters. The van der Waals surface area contributed by atoms with Crippen LogP contribution in [-0.4, -0.2) is 15.4 Å². The second kappa shape index (κ2) is 3.83. The molecule has 0 spiro atoms. The first kappa shape index (κ1) is 12.7. The molecule has 102 valence electrons. The standard InChI is InChI=1S/C16H23N3/c1-11-12(19-9-7-6-8-13(19)18-11)10-17-14-15(2,3)16(14,4)5/h6-9,14,17H,10H2,1-5H3. The van der Waals surface area contributed by atoms with Crippen molar-refractivity contribution in [1.82, 2.24) is 14.7 Å². The normalized spacial score (nSPS) is 20.9. The van der Waals surface area contributed by atoms with Crippen molar-refractivity contribution >= 4 is 5.65 Å². The van der Waals surface area contributed by atoms with Gasteiger partial charge < -0.3 is 9.72 Å². The Kier molecular flexibility index (Phi) is 2.55. The van der Waals surface area contributed by atoms with Crippen LogP contribution in [0.2, 0.25) is 0 Å². The molecule has 1 aliphatic rings. The topological polar surface area (TPSA) is 29.3 Å². The van der Waals surface area contributed by atoms with Gasteiger partial charge in [0, 0.05) is 18.8 Å². The lowest BCUT2D eigenvalue weighted by Crippen LogP contribution is -2.22. The van der Waals surface area contributed by atoms with E-state index in [9.17, 15) is 0 Å². The molecule has 3 nitrogen and oxygen atoms in total. The smallest absolute Gasteiger partial charge is 0.137 e. The zero-order valence-corrected chi connectivity index (χ0v) is 12.5. The summed E-state index contributed by atoms with van der Waals surface area (Å²) in [5, 5.41) is 3.71. The Labute approximate surface area is 115 Å². The average Bonchev–Trinajstić information content (AvgIpc) is 2.63. The molecule has 1 aliphatic carbocycles. The number of pyridine rings is 1. The molecule has 1 N–H and O–H groups in total. The van der Waals surface area contributed by atoms with Crippen LogP contribution in [0.1, 0.15) is 39.1 Å². The quantitative estimate of drug-likeness (QED) is 0.915. The molecule has 2 aromatic heterocycles. The first-order valence-corrected chi connectivity index (χ1v) is 7.01. The summed E-state index contributed by atoms with van der Waals surface area (Å²) in [6.45, 7) is 12.3. The molecule has 2 heterocycles. The molecular formula is C16H23N3. The van der Waals surface area contributed by atoms with E-state index in [2.05, 4.69) is 67.6 Å². The Hall–Kier alpha value is -1.35. The molecule has 0 radical (unpaired) electrons. The number of imidazole rings is 1. The van der Waals surface area contributed by atoms with Crippen LogP contribution in [0.3, 0.4) is 0 Å². The van der Waals surface area contributed by atoms with E-state index in [0.717, 1.165) is 17.9 Å². The summed E-state index contributed by atoms with van der Waals surface area (Å²) < 4.78 is 2.19. The van der Waals surface area contributed by atoms with Crippen LogP contribution in [-0.2, 0) is 6.54 Å². The summed E-state index contributed by atoms with van der Waals surface area (Å²) in [5.41, 5.74) is 4.18. The van der Waals surface area contributed by atoms with E-state index in [-0.39, 0.29) is 0 Å². The molecule has 0 amide bonds. The van der Waals surface area contributed by atoms with Crippen LogP contribution in [0, 0.1) is 17.8 Å². The van der Waals surface area contributed by atoms with Crippen molar-refractivity contribution in [2.45, 2.75) is 47.2 Å². The van der Waals surface area contributed by atoms with Crippen LogP contribution >= 0.6 is 0 Å². The van der Waals surface area contributed by atoms with E-state index in [1.54, 1.807) is 0 Å². The van der Waals surface area contributed by atoms with Gasteiger partial charge in [-0.3, -0.25) is 0 Å². The fourth-order valence-corrected chi connectivity index (χ4v) is 3.28. The van der Waals surface area contributed by atoms with Gasteiger partial charge >= 0.3 is 0 Å². The molecule has 2 aromatic rings. The predicted molar refractivity (Wildman–Crippen MR) is 78.1 cm³/mol. The Morgan fingerprint density at radius 2 is 1.89 bits per heavy atom. The fourth-order valence-electron chi connectivity index (χ4n) is 3.28. The van der Waals surface area contributed by atoms with Gasteiger partial charge in [-0.25, -0.2) is 4.98 Å². The largest absolute Gasteiger partial charge is 0.307 e. The Morgan fingerprint density at radius 3 is 2.53 bits per heavy atom. The lowest BCUT2D eigenvalue weighted by Gasteiger charge is -2.07. The second-order valence-electron chi connectivity index (χ2n) is 6.83. The van der Waals surface area contributed by atoms with Crippen molar-refractivity contribution in [3.05, 3.63) is 35.8 Å². The van der Waals surface area contributed by atoms with E-state index in [1.807, 2.05) is 6.07 Å². The Bertz CT molecular complexity index is 608. The monoisotopic (exact) mass is 257 g/mol. The maximum absolute atomic E-state index is 4.61. The van der Waals surface area contributed by atoms with Crippen molar-refractivity contribution in [2.24, 2.45) is 10.8 Å². The van der Waals surface area contributed by atoms with Gasteiger partial charge in [-0.1, -0.05) is 33.8 Å². The summed E-state index contributed by atoms with van der Waals surface area (Å²) in [6, 6.07) is 6.73. The van der Waals surface area contributed by atoms with E-state index < -0.39 is 0 Å². The Morgan fingerprint density at radius 1 is 1.21 bits per heavy atom. The highest BCUT2D eigenvalue weighted by Gasteiger charge is 2.64. The molecule has 19 heavy (non-hydrogen) atoms. The van der Waals surface area contributed by atoms with E-state index in [0.29, 0.717) is 16.9 Å². The van der Waals surface area contributed by atoms with Crippen molar-refractivity contribution in [3.8, 4) is 0 Å². The minimum Gasteiger partial charge on any atom is -0.307 e. The number of rotatable bonds is 3. The van der Waals surface area contributed by atoms with Gasteiger partial charge in [0.05, 0.1) is 11.4 Å². The van der Waals surface area contributed by atoms with E-state index in [1.165, 1.54) is 5.69 Å². The van der Waals surface area contributed by atoms with Gasteiger partial charge in [0.1, 0.15) is 5.65 Å². The van der Waals surface area contributed by atoms with Crippen molar-refractivity contribution in [3.63, 3.8) is 0 Å². The fraction of sp³-hybridized carbons (Fsp3) is 0.562. The lowest BCUT2D eigenvalue weighted by molar-refractivity contribution is 0.457. The van der Waals surface area contributed by atoms with Crippen molar-refractivity contribution in [2.75, 3.05) is 0 Å². The molecule has 0 aromatic carbocycles. The minimum atomic E-state index is 0.376. The maximum Gasteiger partial charge on any atom is 0.137 e. The third kappa shape index (κ3) is 1.71. The van der Waals surface area contributed by atoms with Gasteiger partial charge in [-0.05, 0) is 29.9 Å². The SMILES string of the molecule is Cc1nc2ccccn2c1CNC1C(C)(C)C1(C)C. The minimum absolute atomic E-state index is 0.376. The lowest BCUT2D eigenvalue weighted by atomic mass is 10.0. The number of nitrogens with zero attached hydrogens (tertiary/aromatic N) is 2. The Balaban J connectivity index is 1.82. The molecule has 1 fully saturated rings. The zero-order chi connectivity index (χ0) is 13.8. The summed E-state index contributed by atoms with van der Waals surface area (Å²) >= 11 is 0. The van der Waals surface area contributed by atoms with Gasteiger partial charge in [0.25, 0.3) is 0 Å². The van der Waals surface area contributed by atoms with Crippen molar-refractivity contribution in [1.29, 1.82) is 0 Å². The first-order valence-electron chi connectivity index (χ1n) is 7.01. The van der Waals surface area contributed by atoms with Crippen LogP contribution in [0.4, 0.5) is 0 Å². The highest BCUT2D eigenvalue weighted by atomic mass is 15.1. The molecular weight excluding hydrogens is 234 g/mol. The molecule has 0 atom stereocenters. The summed E-state index contributed by atoms with van der Waals surface area (Å²) in [6.07, 6.45) is 2.09. The molecule has 0 bridgehead atoms. The summed E-state index contributed by atoms with van der Waals surface area (Å²) in [4.78, 5) is 4.61. The number of fused-ring (bicyclic) bond motifs is 1. The highest BCUT2D eigenvalue weighted by Crippen LogP contribution is 2.62. The number of aromatic nitrogens is 2. The molecule has 3 heteroatoms. The third-order valence-electron chi connectivity index (χ3n) is 5.32. The molecule has 3 rings (SSSR count). The number of hydrogen-bond donors (Lipinski definition) is 1. The van der Waals surface area contributed by atoms with Gasteiger partial charge in [0.15, 0.2) is 0 Å².